The van der Waals surface area contributed by atoms with Gasteiger partial charge in [-0.25, -0.2) is 12.8 Å². The molecule has 0 saturated carbocycles. The summed E-state index contributed by atoms with van der Waals surface area (Å²) in [5.74, 6) is -0.531. The molecule has 2 N–H and O–H groups in total. The molecule has 13 heteroatoms. The molecule has 0 bridgehead atoms. The first-order valence-corrected chi connectivity index (χ1v) is 14.6. The van der Waals surface area contributed by atoms with E-state index in [-0.39, 0.29) is 27.7 Å². The van der Waals surface area contributed by atoms with Crippen molar-refractivity contribution in [2.75, 3.05) is 44.5 Å². The van der Waals surface area contributed by atoms with Crippen LogP contribution in [0.5, 0.6) is 11.5 Å². The molecule has 1 heterocycles. The lowest BCUT2D eigenvalue weighted by Crippen LogP contribution is -2.33. The number of ether oxygens (including phenoxy) is 3. The average Bonchev–Trinajstić information content (AvgIpc) is 3.18. The number of thioether (sulfide) groups is 1. The third-order valence-electron chi connectivity index (χ3n) is 5.97. The van der Waals surface area contributed by atoms with E-state index < -0.39 is 27.7 Å². The number of hydrogen-bond donors (Lipinski definition) is 2. The molecule has 4 rings (SSSR count). The van der Waals surface area contributed by atoms with Gasteiger partial charge in [0.1, 0.15) is 27.9 Å². The SMILES string of the molecule is COCCCN1C(=O)C(Nc2ccc(OC)cc2OC)=C(Sc2ccc(NS(=O)(=O)c3ccc(F)cc3)cc2)C1=O. The molecule has 0 spiro atoms. The summed E-state index contributed by atoms with van der Waals surface area (Å²) < 4.78 is 56.7. The van der Waals surface area contributed by atoms with Crippen molar-refractivity contribution >= 4 is 45.0 Å². The highest BCUT2D eigenvalue weighted by molar-refractivity contribution is 8.04. The Kier molecular flexibility index (Phi) is 9.53. The molecule has 41 heavy (non-hydrogen) atoms. The molecule has 1 aliphatic rings. The van der Waals surface area contributed by atoms with Crippen LogP contribution in [-0.4, -0.2) is 59.6 Å². The van der Waals surface area contributed by atoms with Crippen molar-refractivity contribution in [2.24, 2.45) is 0 Å². The number of nitrogens with zero attached hydrogens (tertiary/aromatic N) is 1. The molecule has 3 aromatic carbocycles. The Morgan fingerprint density at radius 1 is 0.902 bits per heavy atom. The smallest absolute Gasteiger partial charge is 0.278 e. The minimum absolute atomic E-state index is 0.0852. The summed E-state index contributed by atoms with van der Waals surface area (Å²) in [6.07, 6.45) is 0.466. The van der Waals surface area contributed by atoms with Gasteiger partial charge in [0.15, 0.2) is 0 Å². The largest absolute Gasteiger partial charge is 0.497 e. The number of anilines is 2. The summed E-state index contributed by atoms with van der Waals surface area (Å²) in [6, 6.07) is 15.8. The predicted molar refractivity (Wildman–Crippen MR) is 153 cm³/mol. The zero-order valence-corrected chi connectivity index (χ0v) is 24.1. The Hall–Kier alpha value is -4.07. The number of amides is 2. The fraction of sp³-hybridized carbons (Fsp3) is 0.214. The van der Waals surface area contributed by atoms with E-state index in [0.717, 1.165) is 28.8 Å². The maximum absolute atomic E-state index is 13.4. The quantitative estimate of drug-likeness (QED) is 0.216. The molecule has 3 aromatic rings. The number of nitrogens with one attached hydrogen (secondary N) is 2. The second kappa shape index (κ2) is 13.1. The van der Waals surface area contributed by atoms with Crippen LogP contribution >= 0.6 is 11.8 Å². The topological polar surface area (TPSA) is 123 Å². The van der Waals surface area contributed by atoms with Gasteiger partial charge >= 0.3 is 0 Å². The third kappa shape index (κ3) is 6.99. The van der Waals surface area contributed by atoms with E-state index in [0.29, 0.717) is 35.1 Å². The van der Waals surface area contributed by atoms with E-state index in [1.165, 1.54) is 38.5 Å². The molecule has 0 unspecified atom stereocenters. The lowest BCUT2D eigenvalue weighted by atomic mass is 10.2. The highest BCUT2D eigenvalue weighted by Crippen LogP contribution is 2.38. The van der Waals surface area contributed by atoms with Crippen LogP contribution in [0.2, 0.25) is 0 Å². The van der Waals surface area contributed by atoms with Gasteiger partial charge in [0.05, 0.1) is 24.8 Å². The van der Waals surface area contributed by atoms with Crippen LogP contribution in [0.3, 0.4) is 0 Å². The summed E-state index contributed by atoms with van der Waals surface area (Å²) in [5.41, 5.74) is 0.817. The molecular weight excluding hydrogens is 573 g/mol. The van der Waals surface area contributed by atoms with Gasteiger partial charge in [0, 0.05) is 36.9 Å². The Morgan fingerprint density at radius 2 is 1.61 bits per heavy atom. The van der Waals surface area contributed by atoms with Crippen LogP contribution in [0.1, 0.15) is 6.42 Å². The molecular formula is C28H28FN3O7S2. The second-order valence-corrected chi connectivity index (χ2v) is 11.5. The fourth-order valence-corrected chi connectivity index (χ4v) is 5.91. The number of sulfonamides is 1. The Labute approximate surface area is 241 Å². The number of hydrogen-bond acceptors (Lipinski definition) is 9. The van der Waals surface area contributed by atoms with Crippen molar-refractivity contribution in [3.8, 4) is 11.5 Å². The van der Waals surface area contributed by atoms with Gasteiger partial charge in [-0.2, -0.15) is 0 Å². The standard InChI is InChI=1S/C28H28FN3O7S2/c1-37-16-4-15-32-27(33)25(30-23-14-9-20(38-2)17-24(23)39-3)26(28(32)34)40-21-10-7-19(8-11-21)31-41(35,36)22-12-5-18(29)6-13-22/h5-14,17,30-31H,4,15-16H2,1-3H3. The molecule has 0 aromatic heterocycles. The first-order chi connectivity index (χ1) is 19.7. The molecule has 0 aliphatic carbocycles. The van der Waals surface area contributed by atoms with Crippen molar-refractivity contribution < 1.29 is 36.6 Å². The van der Waals surface area contributed by atoms with Crippen molar-refractivity contribution in [1.29, 1.82) is 0 Å². The van der Waals surface area contributed by atoms with Gasteiger partial charge in [-0.3, -0.25) is 19.2 Å². The van der Waals surface area contributed by atoms with Crippen LogP contribution in [0.15, 0.2) is 87.1 Å². The predicted octanol–water partition coefficient (Wildman–Crippen LogP) is 4.46. The van der Waals surface area contributed by atoms with E-state index in [9.17, 15) is 22.4 Å². The van der Waals surface area contributed by atoms with Crippen molar-refractivity contribution in [3.63, 3.8) is 0 Å². The van der Waals surface area contributed by atoms with Gasteiger partial charge in [0.25, 0.3) is 21.8 Å². The van der Waals surface area contributed by atoms with E-state index in [1.54, 1.807) is 37.4 Å². The van der Waals surface area contributed by atoms with Crippen LogP contribution in [0.25, 0.3) is 0 Å². The lowest BCUT2D eigenvalue weighted by molar-refractivity contribution is -0.137. The van der Waals surface area contributed by atoms with Crippen LogP contribution in [0.4, 0.5) is 15.8 Å². The highest BCUT2D eigenvalue weighted by atomic mass is 32.2. The Morgan fingerprint density at radius 3 is 2.24 bits per heavy atom. The number of methoxy groups -OCH3 is 3. The summed E-state index contributed by atoms with van der Waals surface area (Å²) >= 11 is 1.07. The number of halogens is 1. The number of benzene rings is 3. The third-order valence-corrected chi connectivity index (χ3v) is 8.46. The molecule has 2 amide bonds. The zero-order valence-electron chi connectivity index (χ0n) is 22.5. The van der Waals surface area contributed by atoms with Gasteiger partial charge < -0.3 is 19.5 Å². The Balaban J connectivity index is 1.59. The fourth-order valence-electron chi connectivity index (χ4n) is 3.90. The van der Waals surface area contributed by atoms with E-state index in [4.69, 9.17) is 14.2 Å². The number of imide groups is 1. The monoisotopic (exact) mass is 601 g/mol. The lowest BCUT2D eigenvalue weighted by Gasteiger charge is -2.15. The molecule has 1 aliphatic heterocycles. The molecule has 0 radical (unpaired) electrons. The van der Waals surface area contributed by atoms with Crippen molar-refractivity contribution in [1.82, 2.24) is 4.90 Å². The average molecular weight is 602 g/mol. The summed E-state index contributed by atoms with van der Waals surface area (Å²) in [7, 11) is 0.611. The summed E-state index contributed by atoms with van der Waals surface area (Å²) in [6.45, 7) is 0.550. The number of carbonyl (C=O) groups excluding carboxylic acids is 2. The molecule has 0 atom stereocenters. The molecule has 216 valence electrons. The van der Waals surface area contributed by atoms with Gasteiger partial charge in [-0.1, -0.05) is 11.8 Å². The second-order valence-electron chi connectivity index (χ2n) is 8.69. The van der Waals surface area contributed by atoms with Gasteiger partial charge in [0.2, 0.25) is 0 Å². The molecule has 0 saturated heterocycles. The summed E-state index contributed by atoms with van der Waals surface area (Å²) in [5, 5.41) is 3.06. The maximum Gasteiger partial charge on any atom is 0.278 e. The number of carbonyl (C=O) groups is 2. The van der Waals surface area contributed by atoms with E-state index in [1.807, 2.05) is 0 Å². The minimum Gasteiger partial charge on any atom is -0.497 e. The first kappa shape index (κ1) is 29.9. The van der Waals surface area contributed by atoms with Crippen LogP contribution < -0.4 is 19.5 Å². The Bertz CT molecular complexity index is 1560. The van der Waals surface area contributed by atoms with Crippen molar-refractivity contribution in [3.05, 3.63) is 83.1 Å². The van der Waals surface area contributed by atoms with E-state index in [2.05, 4.69) is 10.0 Å². The zero-order chi connectivity index (χ0) is 29.6. The molecule has 10 nitrogen and oxygen atoms in total. The normalized spacial score (nSPS) is 13.5. The van der Waals surface area contributed by atoms with Crippen LogP contribution in [0, 0.1) is 5.82 Å². The highest BCUT2D eigenvalue weighted by Gasteiger charge is 2.39. The van der Waals surface area contributed by atoms with Gasteiger partial charge in [-0.05, 0) is 67.1 Å². The maximum atomic E-state index is 13.4. The van der Waals surface area contributed by atoms with Gasteiger partial charge in [-0.15, -0.1) is 0 Å². The first-order valence-electron chi connectivity index (χ1n) is 12.3. The van der Waals surface area contributed by atoms with Crippen LogP contribution in [-0.2, 0) is 24.3 Å². The minimum atomic E-state index is -3.93. The number of rotatable bonds is 13. The summed E-state index contributed by atoms with van der Waals surface area (Å²) in [4.78, 5) is 28.6. The van der Waals surface area contributed by atoms with E-state index >= 15 is 0 Å². The molecule has 0 fully saturated rings. The van der Waals surface area contributed by atoms with Crippen molar-refractivity contribution in [2.45, 2.75) is 16.2 Å².